The summed E-state index contributed by atoms with van der Waals surface area (Å²) in [6.45, 7) is 6.93. The zero-order chi connectivity index (χ0) is 37.1. The number of halogens is 2. The number of nitrogens with zero attached hydrogens (tertiary/aromatic N) is 5. The van der Waals surface area contributed by atoms with Gasteiger partial charge < -0.3 is 24.7 Å². The Balaban J connectivity index is 0.911. The number of pyridine rings is 3. The maximum Gasteiger partial charge on any atom is 0.280 e. The van der Waals surface area contributed by atoms with Crippen molar-refractivity contribution in [3.05, 3.63) is 77.6 Å². The van der Waals surface area contributed by atoms with Crippen molar-refractivity contribution in [2.24, 2.45) is 5.92 Å². The Kier molecular flexibility index (Phi) is 10.9. The van der Waals surface area contributed by atoms with E-state index in [1.165, 1.54) is 18.2 Å². The van der Waals surface area contributed by atoms with Crippen LogP contribution in [0.5, 0.6) is 5.75 Å². The number of imide groups is 1. The van der Waals surface area contributed by atoms with Gasteiger partial charge in [-0.05, 0) is 102 Å². The fraction of sp³-hybridized carbons (Fsp3) is 0.487. The van der Waals surface area contributed by atoms with Gasteiger partial charge in [0.1, 0.15) is 29.0 Å². The van der Waals surface area contributed by atoms with Gasteiger partial charge in [-0.1, -0.05) is 6.07 Å². The van der Waals surface area contributed by atoms with Crippen LogP contribution in [0.1, 0.15) is 111 Å². The molecule has 3 aliphatic rings. The Hall–Kier alpha value is -4.98. The molecule has 12 nitrogen and oxygen atoms in total. The van der Waals surface area contributed by atoms with Crippen LogP contribution in [0.25, 0.3) is 5.65 Å². The van der Waals surface area contributed by atoms with E-state index in [1.54, 1.807) is 18.5 Å². The van der Waals surface area contributed by atoms with E-state index < -0.39 is 24.1 Å². The van der Waals surface area contributed by atoms with Crippen molar-refractivity contribution in [1.29, 1.82) is 0 Å². The number of fused-ring (bicyclic) bond motifs is 1. The van der Waals surface area contributed by atoms with Gasteiger partial charge in [0.25, 0.3) is 12.3 Å². The smallest absolute Gasteiger partial charge is 0.280 e. The van der Waals surface area contributed by atoms with E-state index in [0.717, 1.165) is 75.2 Å². The highest BCUT2D eigenvalue weighted by Crippen LogP contribution is 2.37. The van der Waals surface area contributed by atoms with Gasteiger partial charge in [0.05, 0.1) is 29.2 Å². The molecule has 4 aromatic heterocycles. The lowest BCUT2D eigenvalue weighted by molar-refractivity contribution is -0.133. The summed E-state index contributed by atoms with van der Waals surface area (Å²) in [7, 11) is 0. The number of hydrogen-bond acceptors (Lipinski definition) is 9. The minimum atomic E-state index is -2.74. The fourth-order valence-electron chi connectivity index (χ4n) is 7.76. The molecule has 14 heteroatoms. The molecule has 2 aliphatic heterocycles. The van der Waals surface area contributed by atoms with E-state index in [-0.39, 0.29) is 29.3 Å². The second-order valence-corrected chi connectivity index (χ2v) is 14.8. The van der Waals surface area contributed by atoms with Gasteiger partial charge in [0, 0.05) is 49.0 Å². The number of hydrogen-bond donors (Lipinski definition) is 3. The summed E-state index contributed by atoms with van der Waals surface area (Å²) < 4.78 is 34.2. The molecule has 4 aromatic rings. The first-order chi connectivity index (χ1) is 25.6. The molecular formula is C39H46F2N8O4. The number of carbonyl (C=O) groups excluding carboxylic acids is 3. The second kappa shape index (κ2) is 15.9. The number of alkyl halides is 2. The number of nitrogens with one attached hydrogen (secondary N) is 3. The minimum Gasteiger partial charge on any atom is -0.490 e. The second-order valence-electron chi connectivity index (χ2n) is 14.8. The van der Waals surface area contributed by atoms with Gasteiger partial charge in [-0.25, -0.2) is 18.7 Å². The third-order valence-corrected chi connectivity index (χ3v) is 10.6. The molecule has 6 heterocycles. The minimum absolute atomic E-state index is 0.0423. The van der Waals surface area contributed by atoms with Gasteiger partial charge in [0.2, 0.25) is 11.8 Å². The molecule has 1 saturated carbocycles. The molecule has 3 fully saturated rings. The van der Waals surface area contributed by atoms with Gasteiger partial charge in [-0.15, -0.1) is 0 Å². The highest BCUT2D eigenvalue weighted by molar-refractivity contribution is 6.06. The van der Waals surface area contributed by atoms with Crippen molar-refractivity contribution in [1.82, 2.24) is 29.6 Å². The number of piperidine rings is 2. The third-order valence-electron chi connectivity index (χ3n) is 10.6. The number of amides is 3. The number of likely N-dealkylation sites (tertiary alicyclic amines) is 1. The third kappa shape index (κ3) is 8.81. The van der Waals surface area contributed by atoms with Gasteiger partial charge >= 0.3 is 0 Å². The molecular weight excluding hydrogens is 682 g/mol. The van der Waals surface area contributed by atoms with Crippen LogP contribution < -0.4 is 20.7 Å². The Morgan fingerprint density at radius 3 is 2.43 bits per heavy atom. The van der Waals surface area contributed by atoms with Gasteiger partial charge in [0.15, 0.2) is 0 Å². The zero-order valence-electron chi connectivity index (χ0n) is 30.1. The molecule has 0 spiro atoms. The monoisotopic (exact) mass is 728 g/mol. The van der Waals surface area contributed by atoms with Crippen molar-refractivity contribution >= 4 is 34.9 Å². The molecule has 1 atom stereocenters. The summed E-state index contributed by atoms with van der Waals surface area (Å²) in [5, 5.41) is 8.22. The van der Waals surface area contributed by atoms with Crippen molar-refractivity contribution in [2.75, 3.05) is 30.3 Å². The van der Waals surface area contributed by atoms with Crippen molar-refractivity contribution in [3.8, 4) is 5.75 Å². The number of rotatable bonds is 11. The lowest BCUT2D eigenvalue weighted by Gasteiger charge is -2.36. The predicted molar refractivity (Wildman–Crippen MR) is 195 cm³/mol. The molecule has 280 valence electrons. The Bertz CT molecular complexity index is 1940. The highest BCUT2D eigenvalue weighted by atomic mass is 19.3. The molecule has 53 heavy (non-hydrogen) atoms. The topological polar surface area (TPSA) is 143 Å². The Labute approximate surface area is 307 Å². The number of carbonyl (C=O) groups is 3. The number of imidazole rings is 1. The lowest BCUT2D eigenvalue weighted by Crippen LogP contribution is -2.47. The number of anilines is 2. The van der Waals surface area contributed by atoms with E-state index in [0.29, 0.717) is 42.0 Å². The lowest BCUT2D eigenvalue weighted by atomic mass is 9.80. The quantitative estimate of drug-likeness (QED) is 0.148. The molecule has 0 bridgehead atoms. The summed E-state index contributed by atoms with van der Waals surface area (Å²) in [6, 6.07) is 9.51. The molecule has 3 amide bonds. The normalized spacial score (nSPS) is 21.6. The summed E-state index contributed by atoms with van der Waals surface area (Å²) in [5.74, 6) is 0.762. The van der Waals surface area contributed by atoms with E-state index in [1.807, 2.05) is 30.5 Å². The molecule has 0 radical (unpaired) electrons. The summed E-state index contributed by atoms with van der Waals surface area (Å²) in [4.78, 5) is 53.0. The summed E-state index contributed by atoms with van der Waals surface area (Å²) >= 11 is 0. The standard InChI is InChI=1S/C39H46F2N8O4/c1-23(2)53-33-18-35-45-32(22-49(35)21-28(33)38(51)46-34-5-3-4-30(44-34)37(40)41)25-8-6-24(7-9-25)20-48-16-14-26(15-17-48)29-11-10-27(19-42-29)43-31-12-13-36(50)47-39(31)52/h3-5,10-11,18-19,21-26,31,37,43H,6-9,12-17,20H2,1-2H3,(H,44,46,51)(H,47,50,52). The average Bonchev–Trinajstić information content (AvgIpc) is 3.56. The zero-order valence-corrected chi connectivity index (χ0v) is 30.1. The fourth-order valence-corrected chi connectivity index (χ4v) is 7.76. The maximum absolute atomic E-state index is 13.3. The molecule has 0 aromatic carbocycles. The molecule has 1 unspecified atom stereocenters. The predicted octanol–water partition coefficient (Wildman–Crippen LogP) is 6.47. The van der Waals surface area contributed by atoms with E-state index in [9.17, 15) is 23.2 Å². The van der Waals surface area contributed by atoms with E-state index >= 15 is 0 Å². The first-order valence-corrected chi connectivity index (χ1v) is 18.6. The van der Waals surface area contributed by atoms with Crippen molar-refractivity contribution in [2.45, 2.75) is 95.6 Å². The Morgan fingerprint density at radius 1 is 0.962 bits per heavy atom. The molecule has 3 N–H and O–H groups in total. The average molecular weight is 729 g/mol. The largest absolute Gasteiger partial charge is 0.490 e. The molecule has 2 saturated heterocycles. The van der Waals surface area contributed by atoms with Crippen LogP contribution in [0.15, 0.2) is 55.0 Å². The summed E-state index contributed by atoms with van der Waals surface area (Å²) in [6.07, 6.45) is 9.81. The molecule has 1 aliphatic carbocycles. The molecule has 7 rings (SSSR count). The van der Waals surface area contributed by atoms with Crippen LogP contribution in [0.2, 0.25) is 0 Å². The van der Waals surface area contributed by atoms with Crippen LogP contribution in [-0.4, -0.2) is 73.8 Å². The van der Waals surface area contributed by atoms with Crippen LogP contribution >= 0.6 is 0 Å². The van der Waals surface area contributed by atoms with Crippen LogP contribution in [-0.2, 0) is 9.59 Å². The van der Waals surface area contributed by atoms with Gasteiger partial charge in [-0.3, -0.25) is 24.7 Å². The SMILES string of the molecule is CC(C)Oc1cc2nc(C3CCC(CN4CCC(c5ccc(NC6CCC(=O)NC6=O)cn5)CC4)CC3)cn2cc1C(=O)Nc1cccc(C(F)F)n1. The first kappa shape index (κ1) is 36.4. The number of ether oxygens (including phenoxy) is 1. The first-order valence-electron chi connectivity index (χ1n) is 18.6. The van der Waals surface area contributed by atoms with Gasteiger partial charge in [-0.2, -0.15) is 0 Å². The van der Waals surface area contributed by atoms with E-state index in [4.69, 9.17) is 14.7 Å². The van der Waals surface area contributed by atoms with Crippen LogP contribution in [0.3, 0.4) is 0 Å². The number of aromatic nitrogens is 4. The van der Waals surface area contributed by atoms with Crippen LogP contribution in [0.4, 0.5) is 20.3 Å². The Morgan fingerprint density at radius 2 is 1.74 bits per heavy atom. The maximum atomic E-state index is 13.3. The van der Waals surface area contributed by atoms with Crippen molar-refractivity contribution in [3.63, 3.8) is 0 Å². The summed E-state index contributed by atoms with van der Waals surface area (Å²) in [5.41, 5.74) is 3.41. The van der Waals surface area contributed by atoms with Crippen LogP contribution in [0, 0.1) is 5.92 Å². The van der Waals surface area contributed by atoms with E-state index in [2.05, 4.69) is 31.9 Å². The van der Waals surface area contributed by atoms with Crippen molar-refractivity contribution < 1.29 is 27.9 Å². The highest BCUT2D eigenvalue weighted by Gasteiger charge is 2.30.